The predicted octanol–water partition coefficient (Wildman–Crippen LogP) is 2.24. The van der Waals surface area contributed by atoms with Crippen molar-refractivity contribution in [3.8, 4) is 0 Å². The van der Waals surface area contributed by atoms with E-state index in [1.807, 2.05) is 24.3 Å². The lowest BCUT2D eigenvalue weighted by molar-refractivity contribution is -0.143. The molecule has 2 aromatic heterocycles. The lowest BCUT2D eigenvalue weighted by Gasteiger charge is -2.20. The van der Waals surface area contributed by atoms with Gasteiger partial charge < -0.3 is 14.2 Å². The molecule has 2 aliphatic heterocycles. The minimum atomic E-state index is -4.09. The van der Waals surface area contributed by atoms with E-state index in [1.54, 1.807) is 44.2 Å². The van der Waals surface area contributed by atoms with Gasteiger partial charge in [-0.15, -0.1) is 0 Å². The van der Waals surface area contributed by atoms with Gasteiger partial charge >= 0.3 is 38.5 Å². The molecule has 0 saturated carbocycles. The molecule has 1 fully saturated rings. The van der Waals surface area contributed by atoms with Crippen LogP contribution in [0.15, 0.2) is 60.7 Å². The summed E-state index contributed by atoms with van der Waals surface area (Å²) in [5.74, 6) is -0.659. The van der Waals surface area contributed by atoms with Crippen LogP contribution in [-0.2, 0) is 69.9 Å². The van der Waals surface area contributed by atoms with E-state index in [9.17, 15) is 31.2 Å². The zero-order chi connectivity index (χ0) is 35.4. The molecule has 0 spiro atoms. The second kappa shape index (κ2) is 17.0. The van der Waals surface area contributed by atoms with Crippen LogP contribution in [-0.4, -0.2) is 92.9 Å². The van der Waals surface area contributed by atoms with Crippen molar-refractivity contribution in [2.75, 3.05) is 48.9 Å². The zero-order valence-corrected chi connectivity index (χ0v) is 28.7. The van der Waals surface area contributed by atoms with Crippen molar-refractivity contribution in [2.45, 2.75) is 39.5 Å². The van der Waals surface area contributed by atoms with E-state index >= 15 is 0 Å². The van der Waals surface area contributed by atoms with Gasteiger partial charge in [0.2, 0.25) is 0 Å². The molecule has 4 heterocycles. The Kier molecular flexibility index (Phi) is 12.9. The molecular weight excluding hydrogens is 681 g/mol. The number of carbonyl (C=O) groups is 3. The van der Waals surface area contributed by atoms with Gasteiger partial charge in [0.1, 0.15) is 18.2 Å². The van der Waals surface area contributed by atoms with Crippen molar-refractivity contribution in [2.24, 2.45) is 0 Å². The molecule has 1 amide bonds. The van der Waals surface area contributed by atoms with Crippen molar-refractivity contribution in [1.29, 1.82) is 0 Å². The van der Waals surface area contributed by atoms with Crippen LogP contribution in [0.2, 0.25) is 0 Å². The average molecular weight is 719 g/mol. The van der Waals surface area contributed by atoms with Gasteiger partial charge in [-0.25, -0.2) is 19.5 Å². The summed E-state index contributed by atoms with van der Waals surface area (Å²) in [6, 6.07) is 17.4. The molecule has 0 radical (unpaired) electrons. The Balaban J connectivity index is 0.000000226. The van der Waals surface area contributed by atoms with Gasteiger partial charge in [-0.2, -0.15) is 25.4 Å². The highest BCUT2D eigenvalue weighted by Crippen LogP contribution is 2.19. The fraction of sp³-hybridized carbons (Fsp3) is 0.387. The largest absolute Gasteiger partial charge is 0.466 e. The van der Waals surface area contributed by atoms with Gasteiger partial charge in [-0.3, -0.25) is 14.3 Å². The van der Waals surface area contributed by atoms with E-state index in [2.05, 4.69) is 24.1 Å². The lowest BCUT2D eigenvalue weighted by Crippen LogP contribution is -2.37. The van der Waals surface area contributed by atoms with Gasteiger partial charge in [0.05, 0.1) is 44.0 Å². The summed E-state index contributed by atoms with van der Waals surface area (Å²) in [5.41, 5.74) is 3.18. The number of esters is 2. The molecule has 16 nitrogen and oxygen atoms in total. The van der Waals surface area contributed by atoms with Crippen molar-refractivity contribution in [3.63, 3.8) is 0 Å². The number of amides is 1. The van der Waals surface area contributed by atoms with Crippen LogP contribution >= 0.6 is 0 Å². The molecule has 1 aromatic carbocycles. The Labute approximate surface area is 285 Å². The number of nitrogens with one attached hydrogen (secondary N) is 2. The number of benzene rings is 1. The number of hydrogen-bond acceptors (Lipinski definition) is 12. The molecule has 0 unspecified atom stereocenters. The number of carbonyl (C=O) groups excluding carboxylic acids is 3. The third-order valence-electron chi connectivity index (χ3n) is 7.08. The quantitative estimate of drug-likeness (QED) is 0.205. The maximum absolute atomic E-state index is 12.8. The summed E-state index contributed by atoms with van der Waals surface area (Å²) in [5, 5.41) is 0. The van der Waals surface area contributed by atoms with E-state index in [1.165, 1.54) is 21.5 Å². The molecule has 5 rings (SSSR count). The van der Waals surface area contributed by atoms with Crippen LogP contribution in [0, 0.1) is 0 Å². The molecular formula is C31H38N6O10S2. The number of cyclic esters (lactones) is 1. The third-order valence-corrected chi connectivity index (χ3v) is 9.97. The summed E-state index contributed by atoms with van der Waals surface area (Å²) < 4.78 is 70.6. The number of hydrogen-bond donors (Lipinski definition) is 2. The van der Waals surface area contributed by atoms with Crippen LogP contribution in [0.25, 0.3) is 0 Å². The Hall–Kier alpha value is -4.81. The highest BCUT2D eigenvalue weighted by Gasteiger charge is 2.34. The van der Waals surface area contributed by atoms with Crippen molar-refractivity contribution in [3.05, 3.63) is 83.2 Å². The first-order chi connectivity index (χ1) is 23.4. The monoisotopic (exact) mass is 718 g/mol. The molecule has 0 bridgehead atoms. The van der Waals surface area contributed by atoms with E-state index in [0.717, 1.165) is 0 Å². The van der Waals surface area contributed by atoms with Crippen molar-refractivity contribution in [1.82, 2.24) is 18.6 Å². The van der Waals surface area contributed by atoms with E-state index in [0.29, 0.717) is 48.2 Å². The second-order valence-electron chi connectivity index (χ2n) is 10.6. The molecule has 2 aliphatic rings. The summed E-state index contributed by atoms with van der Waals surface area (Å²) in [6.45, 7) is 4.74. The Morgan fingerprint density at radius 2 is 1.22 bits per heavy atom. The van der Waals surface area contributed by atoms with Crippen LogP contribution in [0.4, 0.5) is 16.4 Å². The molecule has 3 aromatic rings. The van der Waals surface area contributed by atoms with E-state index in [-0.39, 0.29) is 44.2 Å². The van der Waals surface area contributed by atoms with Gasteiger partial charge in [-0.05, 0) is 62.1 Å². The Bertz CT molecular complexity index is 1830. The first-order valence-corrected chi connectivity index (χ1v) is 18.3. The summed E-state index contributed by atoms with van der Waals surface area (Å²) in [7, 11) is -7.82. The molecule has 0 atom stereocenters. The van der Waals surface area contributed by atoms with Crippen LogP contribution < -0.4 is 9.44 Å². The van der Waals surface area contributed by atoms with Crippen LogP contribution in [0.5, 0.6) is 0 Å². The van der Waals surface area contributed by atoms with Gasteiger partial charge in [-0.1, -0.05) is 36.4 Å². The summed E-state index contributed by atoms with van der Waals surface area (Å²) in [4.78, 5) is 42.5. The Morgan fingerprint density at radius 3 is 1.67 bits per heavy atom. The van der Waals surface area contributed by atoms with E-state index < -0.39 is 38.5 Å². The normalized spacial score (nSPS) is 14.7. The topological polar surface area (TPSA) is 204 Å². The molecule has 264 valence electrons. The average Bonchev–Trinajstić information content (AvgIpc) is 3.36. The third kappa shape index (κ3) is 10.8. The van der Waals surface area contributed by atoms with Gasteiger partial charge in [0.15, 0.2) is 0 Å². The van der Waals surface area contributed by atoms with Crippen molar-refractivity contribution < 1.29 is 45.4 Å². The smallest absolute Gasteiger partial charge is 0.425 e. The molecule has 0 aliphatic carbocycles. The van der Waals surface area contributed by atoms with Gasteiger partial charge in [0, 0.05) is 13.1 Å². The molecule has 1 saturated heterocycles. The molecule has 2 N–H and O–H groups in total. The number of ether oxygens (including phenoxy) is 3. The highest BCUT2D eigenvalue weighted by molar-refractivity contribution is 7.91. The minimum Gasteiger partial charge on any atom is -0.466 e. The summed E-state index contributed by atoms with van der Waals surface area (Å²) in [6.07, 6.45) is 0.341. The number of rotatable bonds is 12. The fourth-order valence-corrected chi connectivity index (χ4v) is 7.08. The standard InChI is InChI=1S/C19H23N3O4S.C12H15N3O6S/c1-2-26-19(23)14-17-8-5-9-18(20-17)21-27(24,25)22-12-10-15-6-3-4-7-16(15)11-13-22;1-2-20-11(16)8-9-4-3-5-10(13-9)14-22(18,19)15-6-7-21-12(15)17/h3-9H,2,10-14H2,1H3,(H,20,21);3-5H,2,6-8H2,1H3,(H,13,14). The first-order valence-electron chi connectivity index (χ1n) is 15.4. The zero-order valence-electron chi connectivity index (χ0n) is 27.0. The van der Waals surface area contributed by atoms with Crippen LogP contribution in [0.1, 0.15) is 36.4 Å². The maximum atomic E-state index is 12.8. The number of aromatic nitrogens is 2. The maximum Gasteiger partial charge on any atom is 0.425 e. The molecule has 49 heavy (non-hydrogen) atoms. The number of nitrogens with zero attached hydrogens (tertiary/aromatic N) is 4. The number of fused-ring (bicyclic) bond motifs is 1. The number of pyridine rings is 2. The molecule has 18 heteroatoms. The fourth-order valence-electron chi connectivity index (χ4n) is 4.86. The predicted molar refractivity (Wildman–Crippen MR) is 178 cm³/mol. The second-order valence-corrected chi connectivity index (χ2v) is 13.8. The minimum absolute atomic E-state index is 0.00139. The van der Waals surface area contributed by atoms with Gasteiger partial charge in [0.25, 0.3) is 0 Å². The lowest BCUT2D eigenvalue weighted by atomic mass is 10.0. The SMILES string of the molecule is CCOC(=O)Cc1cccc(NS(=O)(=O)N2CCOC2=O)n1.CCOC(=O)Cc1cccc(NS(=O)(=O)N2CCc3ccccc3CC2)n1. The van der Waals surface area contributed by atoms with E-state index in [4.69, 9.17) is 9.47 Å². The van der Waals surface area contributed by atoms with Crippen LogP contribution in [0.3, 0.4) is 0 Å². The summed E-state index contributed by atoms with van der Waals surface area (Å²) >= 11 is 0. The van der Waals surface area contributed by atoms with Crippen molar-refractivity contribution >= 4 is 50.1 Å². The highest BCUT2D eigenvalue weighted by atomic mass is 32.2. The first kappa shape index (κ1) is 37.0. The Morgan fingerprint density at radius 1 is 0.735 bits per heavy atom. The number of anilines is 2.